The van der Waals surface area contributed by atoms with E-state index in [-0.39, 0.29) is 31.3 Å². The molecule has 0 saturated heterocycles. The fourth-order valence-electron chi connectivity index (χ4n) is 6.32. The van der Waals surface area contributed by atoms with Crippen LogP contribution >= 0.6 is 0 Å². The highest BCUT2D eigenvalue weighted by atomic mass is 16.6. The average molecular weight is 735 g/mol. The van der Waals surface area contributed by atoms with E-state index in [0.717, 1.165) is 25.0 Å². The summed E-state index contributed by atoms with van der Waals surface area (Å²) in [7, 11) is 0. The molecular weight excluding hydrogens is 684 g/mol. The molecule has 2 amide bonds. The lowest BCUT2D eigenvalue weighted by Gasteiger charge is -2.26. The zero-order valence-corrected chi connectivity index (χ0v) is 31.2. The normalized spacial score (nSPS) is 14.3. The zero-order chi connectivity index (χ0) is 38.5. The molecule has 2 aromatic carbocycles. The van der Waals surface area contributed by atoms with Crippen molar-refractivity contribution in [2.75, 3.05) is 6.54 Å². The minimum absolute atomic E-state index is 0.0337. The number of pyridine rings is 2. The number of nitrogens with one attached hydrogen (secondary N) is 2. The Morgan fingerprint density at radius 1 is 0.963 bits per heavy atom. The van der Waals surface area contributed by atoms with E-state index in [9.17, 15) is 19.5 Å². The van der Waals surface area contributed by atoms with Crippen LogP contribution in [0.1, 0.15) is 91.3 Å². The number of rotatable bonds is 13. The van der Waals surface area contributed by atoms with Crippen LogP contribution in [0.5, 0.6) is 0 Å². The van der Waals surface area contributed by atoms with E-state index in [1.165, 1.54) is 32.9 Å². The number of aliphatic carboxylic acids is 1. The van der Waals surface area contributed by atoms with Gasteiger partial charge in [-0.1, -0.05) is 54.6 Å². The SMILES string of the molecule is CC(C)(C)OC(=O)N(Cc1ccccn1)Cc1ccc(C(=O)N[C@@H](CCCNC2CCCc3cccnc32)C(=O)O)o1.NCc1cccc2ccccc12. The maximum atomic E-state index is 12.9. The minimum atomic E-state index is -1.12. The van der Waals surface area contributed by atoms with Gasteiger partial charge in [-0.3, -0.25) is 19.7 Å². The van der Waals surface area contributed by atoms with E-state index in [1.54, 1.807) is 51.4 Å². The molecule has 12 nitrogen and oxygen atoms in total. The molecule has 1 aliphatic rings. The van der Waals surface area contributed by atoms with Crippen molar-refractivity contribution in [3.8, 4) is 0 Å². The first-order valence-corrected chi connectivity index (χ1v) is 18.3. The van der Waals surface area contributed by atoms with Crippen molar-refractivity contribution in [1.29, 1.82) is 0 Å². The number of nitrogens with two attached hydrogens (primary N) is 1. The molecule has 3 aromatic heterocycles. The molecule has 284 valence electrons. The van der Waals surface area contributed by atoms with Gasteiger partial charge in [-0.25, -0.2) is 9.59 Å². The highest BCUT2D eigenvalue weighted by Crippen LogP contribution is 2.27. The van der Waals surface area contributed by atoms with E-state index >= 15 is 0 Å². The summed E-state index contributed by atoms with van der Waals surface area (Å²) < 4.78 is 11.3. The number of carboxylic acids is 1. The Labute approximate surface area is 316 Å². The fourth-order valence-corrected chi connectivity index (χ4v) is 6.32. The largest absolute Gasteiger partial charge is 0.480 e. The number of furan rings is 1. The van der Waals surface area contributed by atoms with E-state index < -0.39 is 29.6 Å². The zero-order valence-electron chi connectivity index (χ0n) is 31.2. The van der Waals surface area contributed by atoms with E-state index in [2.05, 4.69) is 50.9 Å². The van der Waals surface area contributed by atoms with Gasteiger partial charge in [0, 0.05) is 25.0 Å². The summed E-state index contributed by atoms with van der Waals surface area (Å²) in [6.45, 7) is 6.76. The molecule has 2 atom stereocenters. The molecule has 6 rings (SSSR count). The van der Waals surface area contributed by atoms with Crippen molar-refractivity contribution >= 4 is 28.7 Å². The van der Waals surface area contributed by atoms with Gasteiger partial charge >= 0.3 is 12.1 Å². The van der Waals surface area contributed by atoms with Crippen molar-refractivity contribution < 1.29 is 28.6 Å². The highest BCUT2D eigenvalue weighted by molar-refractivity contribution is 5.94. The van der Waals surface area contributed by atoms with Crippen LogP contribution in [0.2, 0.25) is 0 Å². The lowest BCUT2D eigenvalue weighted by Crippen LogP contribution is -2.41. The number of ether oxygens (including phenoxy) is 1. The van der Waals surface area contributed by atoms with Gasteiger partial charge in [-0.05, 0) is 112 Å². The van der Waals surface area contributed by atoms with E-state index in [4.69, 9.17) is 14.9 Å². The Bertz CT molecular complexity index is 1990. The molecule has 1 unspecified atom stereocenters. The highest BCUT2D eigenvalue weighted by Gasteiger charge is 2.26. The fraction of sp³-hybridized carbons (Fsp3) is 0.357. The number of nitrogens with zero attached hydrogens (tertiary/aromatic N) is 3. The Kier molecular flexibility index (Phi) is 13.9. The number of benzene rings is 2. The van der Waals surface area contributed by atoms with Gasteiger partial charge in [-0.15, -0.1) is 0 Å². The second kappa shape index (κ2) is 18.9. The smallest absolute Gasteiger partial charge is 0.411 e. The van der Waals surface area contributed by atoms with Crippen LogP contribution < -0.4 is 16.4 Å². The topological polar surface area (TPSA) is 173 Å². The lowest BCUT2D eigenvalue weighted by molar-refractivity contribution is -0.139. The third-order valence-electron chi connectivity index (χ3n) is 8.92. The second-order valence-electron chi connectivity index (χ2n) is 14.2. The third kappa shape index (κ3) is 11.5. The molecule has 0 saturated carbocycles. The number of carbonyl (C=O) groups excluding carboxylic acids is 2. The number of amides is 2. The molecule has 5 N–H and O–H groups in total. The van der Waals surface area contributed by atoms with E-state index in [1.807, 2.05) is 30.3 Å². The third-order valence-corrected chi connectivity index (χ3v) is 8.92. The number of hydrogen-bond acceptors (Lipinski definition) is 9. The molecule has 0 fully saturated rings. The van der Waals surface area contributed by atoms with Gasteiger partial charge < -0.3 is 30.6 Å². The molecule has 0 spiro atoms. The number of hydrogen-bond donors (Lipinski definition) is 4. The monoisotopic (exact) mass is 734 g/mol. The number of aryl methyl sites for hydroxylation is 1. The Morgan fingerprint density at radius 2 is 1.74 bits per heavy atom. The molecule has 0 aliphatic heterocycles. The van der Waals surface area contributed by atoms with Crippen LogP contribution in [0.25, 0.3) is 10.8 Å². The molecule has 3 heterocycles. The Morgan fingerprint density at radius 3 is 2.50 bits per heavy atom. The van der Waals surface area contributed by atoms with Crippen molar-refractivity contribution in [3.63, 3.8) is 0 Å². The van der Waals surface area contributed by atoms with Gasteiger partial charge in [0.05, 0.1) is 24.5 Å². The summed E-state index contributed by atoms with van der Waals surface area (Å²) in [6, 6.07) is 26.1. The van der Waals surface area contributed by atoms with Gasteiger partial charge in [0.2, 0.25) is 0 Å². The van der Waals surface area contributed by atoms with Gasteiger partial charge in [0.1, 0.15) is 17.4 Å². The number of carbonyl (C=O) groups is 3. The first-order chi connectivity index (χ1) is 26.0. The average Bonchev–Trinajstić information content (AvgIpc) is 3.64. The van der Waals surface area contributed by atoms with Crippen molar-refractivity contribution in [2.24, 2.45) is 5.73 Å². The van der Waals surface area contributed by atoms with Gasteiger partial charge in [-0.2, -0.15) is 0 Å². The van der Waals surface area contributed by atoms with Crippen LogP contribution in [0.15, 0.2) is 102 Å². The molecular formula is C42H50N6O6. The summed E-state index contributed by atoms with van der Waals surface area (Å²) >= 11 is 0. The maximum absolute atomic E-state index is 12.9. The predicted octanol–water partition coefficient (Wildman–Crippen LogP) is 6.94. The molecule has 12 heteroatoms. The van der Waals surface area contributed by atoms with Gasteiger partial charge in [0.15, 0.2) is 5.76 Å². The van der Waals surface area contributed by atoms with Crippen molar-refractivity contribution in [3.05, 3.63) is 131 Å². The Hall–Kier alpha value is -5.59. The number of fused-ring (bicyclic) bond motifs is 2. The molecule has 1 aliphatic carbocycles. The van der Waals surface area contributed by atoms with E-state index in [0.29, 0.717) is 31.0 Å². The first-order valence-electron chi connectivity index (χ1n) is 18.3. The van der Waals surface area contributed by atoms with Crippen LogP contribution in [0.4, 0.5) is 4.79 Å². The van der Waals surface area contributed by atoms with Crippen LogP contribution in [-0.4, -0.2) is 56.1 Å². The van der Waals surface area contributed by atoms with Crippen molar-refractivity contribution in [1.82, 2.24) is 25.5 Å². The Balaban J connectivity index is 0.000000392. The summed E-state index contributed by atoms with van der Waals surface area (Å²) in [5.41, 5.74) is 9.10. The summed E-state index contributed by atoms with van der Waals surface area (Å²) in [5.74, 6) is -1.45. The van der Waals surface area contributed by atoms with Gasteiger partial charge in [0.25, 0.3) is 5.91 Å². The van der Waals surface area contributed by atoms with Crippen LogP contribution in [0.3, 0.4) is 0 Å². The minimum Gasteiger partial charge on any atom is -0.480 e. The maximum Gasteiger partial charge on any atom is 0.411 e. The van der Waals surface area contributed by atoms with Crippen LogP contribution in [0, 0.1) is 0 Å². The quantitative estimate of drug-likeness (QED) is 0.0929. The number of aromatic nitrogens is 2. The summed E-state index contributed by atoms with van der Waals surface area (Å²) in [5, 5.41) is 18.3. The predicted molar refractivity (Wildman–Crippen MR) is 206 cm³/mol. The second-order valence-corrected chi connectivity index (χ2v) is 14.2. The molecule has 0 bridgehead atoms. The summed E-state index contributed by atoms with van der Waals surface area (Å²) in [6.07, 6.45) is 6.76. The first kappa shape index (κ1) is 39.6. The summed E-state index contributed by atoms with van der Waals surface area (Å²) in [4.78, 5) is 47.9. The number of carboxylic acid groups (broad SMARTS) is 1. The van der Waals surface area contributed by atoms with Crippen molar-refractivity contribution in [2.45, 2.75) is 90.2 Å². The molecule has 0 radical (unpaired) electrons. The van der Waals surface area contributed by atoms with Crippen LogP contribution in [-0.2, 0) is 35.6 Å². The molecule has 5 aromatic rings. The standard InChI is InChI=1S/C31H39N5O6.C11H11N/c1-31(2,3)42-30(40)36(19-22-11-4-5-16-32-22)20-23-14-15-26(41-23)28(37)35-25(29(38)39)13-8-17-33-24-12-6-9-21-10-7-18-34-27(21)24;12-8-10-6-3-5-9-4-1-2-7-11(9)10/h4-5,7,10-11,14-16,18,24-25,33H,6,8-9,12-13,17,19-20H2,1-3H3,(H,35,37)(H,38,39);1-7H,8,12H2/t24?,25-;/m0./s1. The molecule has 54 heavy (non-hydrogen) atoms. The lowest BCUT2D eigenvalue weighted by atomic mass is 9.92.